The van der Waals surface area contributed by atoms with Crippen molar-refractivity contribution in [3.63, 3.8) is 0 Å². The Morgan fingerprint density at radius 3 is 0.857 bits per heavy atom. The van der Waals surface area contributed by atoms with E-state index in [1.165, 1.54) is 103 Å². The average molecular weight is 593 g/mol. The van der Waals surface area contributed by atoms with Crippen LogP contribution in [0.2, 0.25) is 0 Å². The van der Waals surface area contributed by atoms with Crippen molar-refractivity contribution in [2.75, 3.05) is 13.1 Å². The second-order valence-electron chi connectivity index (χ2n) is 12.3. The summed E-state index contributed by atoms with van der Waals surface area (Å²) in [5, 5.41) is 5.52. The minimum Gasteiger partial charge on any atom is -0.350 e. The van der Waals surface area contributed by atoms with Crippen LogP contribution in [-0.4, -0.2) is 36.5 Å². The zero-order chi connectivity index (χ0) is 30.9. The molecule has 0 atom stereocenters. The summed E-state index contributed by atoms with van der Waals surface area (Å²) in [6.07, 6.45) is 31.0. The SMILES string of the molecule is CCCCCCCCCCCCCC(=O)C(=O)NCCCCCCCC(=O)C(=O)NCCCCCCCCCCCC. The van der Waals surface area contributed by atoms with E-state index in [1.807, 2.05) is 0 Å². The molecule has 2 N–H and O–H groups in total. The number of rotatable bonds is 33. The molecule has 0 aliphatic carbocycles. The van der Waals surface area contributed by atoms with Crippen molar-refractivity contribution >= 4 is 23.4 Å². The van der Waals surface area contributed by atoms with Gasteiger partial charge in [0.2, 0.25) is 11.6 Å². The highest BCUT2D eigenvalue weighted by Crippen LogP contribution is 2.13. The lowest BCUT2D eigenvalue weighted by Gasteiger charge is -2.06. The van der Waals surface area contributed by atoms with Crippen molar-refractivity contribution in [1.82, 2.24) is 10.6 Å². The molecule has 6 heteroatoms. The first-order chi connectivity index (χ1) is 20.5. The summed E-state index contributed by atoms with van der Waals surface area (Å²) < 4.78 is 0. The molecule has 246 valence electrons. The van der Waals surface area contributed by atoms with E-state index in [0.29, 0.717) is 32.4 Å². The summed E-state index contributed by atoms with van der Waals surface area (Å²) in [5.41, 5.74) is 0. The average Bonchev–Trinajstić information content (AvgIpc) is 2.99. The maximum absolute atomic E-state index is 12.0. The van der Waals surface area contributed by atoms with Crippen LogP contribution >= 0.6 is 0 Å². The van der Waals surface area contributed by atoms with Gasteiger partial charge in [-0.05, 0) is 25.7 Å². The Kier molecular flexibility index (Phi) is 30.9. The van der Waals surface area contributed by atoms with Gasteiger partial charge in [-0.2, -0.15) is 0 Å². The summed E-state index contributed by atoms with van der Waals surface area (Å²) >= 11 is 0. The molecule has 0 fully saturated rings. The van der Waals surface area contributed by atoms with E-state index in [1.54, 1.807) is 0 Å². The van der Waals surface area contributed by atoms with Gasteiger partial charge in [-0.3, -0.25) is 19.2 Å². The molecule has 42 heavy (non-hydrogen) atoms. The molecular formula is C36H68N2O4. The lowest BCUT2D eigenvalue weighted by atomic mass is 10.0. The molecule has 0 aliphatic heterocycles. The van der Waals surface area contributed by atoms with Gasteiger partial charge in [0, 0.05) is 25.9 Å². The van der Waals surface area contributed by atoms with Gasteiger partial charge in [0.15, 0.2) is 0 Å². The molecule has 0 rings (SSSR count). The molecule has 0 radical (unpaired) electrons. The zero-order valence-electron chi connectivity index (χ0n) is 27.8. The Bertz CT molecular complexity index is 609. The van der Waals surface area contributed by atoms with E-state index in [-0.39, 0.29) is 11.6 Å². The summed E-state index contributed by atoms with van der Waals surface area (Å²) in [7, 11) is 0. The van der Waals surface area contributed by atoms with Crippen LogP contribution in [0.3, 0.4) is 0 Å². The largest absolute Gasteiger partial charge is 0.350 e. The summed E-state index contributed by atoms with van der Waals surface area (Å²) in [6, 6.07) is 0. The number of amides is 2. The van der Waals surface area contributed by atoms with Crippen molar-refractivity contribution in [3.05, 3.63) is 0 Å². The van der Waals surface area contributed by atoms with E-state index in [0.717, 1.165) is 57.8 Å². The third-order valence-electron chi connectivity index (χ3n) is 8.20. The fourth-order valence-corrected chi connectivity index (χ4v) is 5.33. The standard InChI is InChI=1S/C36H68N2O4/c1-3-5-7-9-11-13-15-16-18-21-25-29-33(39)35(41)38-32-28-24-20-22-26-30-34(40)36(42)37-31-27-23-19-17-14-12-10-8-6-4-2/h3-32H2,1-2H3,(H,37,42)(H,38,41). The first-order valence-corrected chi connectivity index (χ1v) is 18.1. The molecule has 0 aromatic carbocycles. The highest BCUT2D eigenvalue weighted by Gasteiger charge is 2.13. The Morgan fingerprint density at radius 1 is 0.333 bits per heavy atom. The van der Waals surface area contributed by atoms with E-state index >= 15 is 0 Å². The molecule has 6 nitrogen and oxygen atoms in total. The molecule has 0 aromatic heterocycles. The maximum atomic E-state index is 12.0. The van der Waals surface area contributed by atoms with Crippen molar-refractivity contribution in [3.8, 4) is 0 Å². The van der Waals surface area contributed by atoms with Crippen molar-refractivity contribution in [1.29, 1.82) is 0 Å². The van der Waals surface area contributed by atoms with Crippen LogP contribution < -0.4 is 10.6 Å². The highest BCUT2D eigenvalue weighted by molar-refractivity contribution is 6.36. The molecule has 0 bridgehead atoms. The maximum Gasteiger partial charge on any atom is 0.287 e. The molecule has 2 amide bonds. The first-order valence-electron chi connectivity index (χ1n) is 18.1. The fourth-order valence-electron chi connectivity index (χ4n) is 5.33. The molecule has 0 unspecified atom stereocenters. The van der Waals surface area contributed by atoms with E-state index in [2.05, 4.69) is 24.5 Å². The minimum atomic E-state index is -0.448. The van der Waals surface area contributed by atoms with Gasteiger partial charge >= 0.3 is 0 Å². The number of carbonyl (C=O) groups excluding carboxylic acids is 4. The smallest absolute Gasteiger partial charge is 0.287 e. The Hall–Kier alpha value is -1.72. The van der Waals surface area contributed by atoms with E-state index in [9.17, 15) is 19.2 Å². The monoisotopic (exact) mass is 593 g/mol. The fraction of sp³-hybridized carbons (Fsp3) is 0.889. The van der Waals surface area contributed by atoms with E-state index < -0.39 is 11.8 Å². The molecule has 0 heterocycles. The number of Topliss-reactive ketones (excluding diaryl/α,β-unsaturated/α-hetero) is 2. The number of hydrogen-bond donors (Lipinski definition) is 2. The van der Waals surface area contributed by atoms with Gasteiger partial charge < -0.3 is 10.6 Å². The highest BCUT2D eigenvalue weighted by atomic mass is 16.2. The van der Waals surface area contributed by atoms with Crippen LogP contribution in [0, 0.1) is 0 Å². The van der Waals surface area contributed by atoms with Gasteiger partial charge in [0.05, 0.1) is 0 Å². The Morgan fingerprint density at radius 2 is 0.571 bits per heavy atom. The van der Waals surface area contributed by atoms with Crippen LogP contribution in [0.5, 0.6) is 0 Å². The van der Waals surface area contributed by atoms with Crippen molar-refractivity contribution in [2.45, 2.75) is 194 Å². The van der Waals surface area contributed by atoms with Crippen LogP contribution in [0.4, 0.5) is 0 Å². The summed E-state index contributed by atoms with van der Waals surface area (Å²) in [4.78, 5) is 48.0. The summed E-state index contributed by atoms with van der Waals surface area (Å²) in [5.74, 6) is -1.50. The third-order valence-corrected chi connectivity index (χ3v) is 8.20. The molecule has 0 spiro atoms. The van der Waals surface area contributed by atoms with Crippen molar-refractivity contribution in [2.24, 2.45) is 0 Å². The second kappa shape index (κ2) is 32.2. The van der Waals surface area contributed by atoms with Gasteiger partial charge in [0.25, 0.3) is 11.8 Å². The zero-order valence-corrected chi connectivity index (χ0v) is 27.8. The molecule has 0 saturated heterocycles. The minimum absolute atomic E-state index is 0.295. The first kappa shape index (κ1) is 40.3. The number of hydrogen-bond acceptors (Lipinski definition) is 4. The van der Waals surface area contributed by atoms with Gasteiger partial charge in [-0.15, -0.1) is 0 Å². The molecule has 0 aromatic rings. The van der Waals surface area contributed by atoms with Crippen LogP contribution in [0.15, 0.2) is 0 Å². The second-order valence-corrected chi connectivity index (χ2v) is 12.3. The predicted molar refractivity (Wildman–Crippen MR) is 177 cm³/mol. The third kappa shape index (κ3) is 28.4. The lowest BCUT2D eigenvalue weighted by molar-refractivity contribution is -0.138. The summed E-state index contributed by atoms with van der Waals surface area (Å²) in [6.45, 7) is 5.60. The van der Waals surface area contributed by atoms with E-state index in [4.69, 9.17) is 0 Å². The Labute approximate surface area is 259 Å². The number of carbonyl (C=O) groups is 4. The van der Waals surface area contributed by atoms with Gasteiger partial charge in [-0.1, -0.05) is 155 Å². The van der Waals surface area contributed by atoms with Crippen LogP contribution in [-0.2, 0) is 19.2 Å². The lowest BCUT2D eigenvalue weighted by Crippen LogP contribution is -2.31. The normalized spacial score (nSPS) is 11.0. The van der Waals surface area contributed by atoms with Crippen LogP contribution in [0.25, 0.3) is 0 Å². The van der Waals surface area contributed by atoms with Crippen molar-refractivity contribution < 1.29 is 19.2 Å². The van der Waals surface area contributed by atoms with Gasteiger partial charge in [-0.25, -0.2) is 0 Å². The molecule has 0 aliphatic rings. The molecular weight excluding hydrogens is 524 g/mol. The number of unbranched alkanes of at least 4 members (excludes halogenated alkanes) is 23. The van der Waals surface area contributed by atoms with Crippen LogP contribution in [0.1, 0.15) is 194 Å². The quantitative estimate of drug-likeness (QED) is 0.0586. The number of nitrogens with one attached hydrogen (secondary N) is 2. The topological polar surface area (TPSA) is 92.3 Å². The van der Waals surface area contributed by atoms with Gasteiger partial charge in [0.1, 0.15) is 0 Å². The Balaban J connectivity index is 3.48. The predicted octanol–water partition coefficient (Wildman–Crippen LogP) is 9.32. The number of ketones is 2. The molecule has 0 saturated carbocycles.